The third-order valence-corrected chi connectivity index (χ3v) is 9.55. The van der Waals surface area contributed by atoms with Crippen molar-refractivity contribution in [3.63, 3.8) is 0 Å². The maximum absolute atomic E-state index is 6.37. The molecule has 2 nitrogen and oxygen atoms in total. The molecular weight excluding hydrogens is 558 g/mol. The van der Waals surface area contributed by atoms with E-state index in [-0.39, 0.29) is 0 Å². The zero-order valence-corrected chi connectivity index (χ0v) is 24.9. The van der Waals surface area contributed by atoms with Crippen molar-refractivity contribution >= 4 is 43.4 Å². The van der Waals surface area contributed by atoms with Crippen LogP contribution < -0.4 is 4.74 Å². The van der Waals surface area contributed by atoms with E-state index in [1.165, 1.54) is 71.2 Å². The third-order valence-electron chi connectivity index (χ3n) is 9.55. The van der Waals surface area contributed by atoms with Gasteiger partial charge in [-0.3, -0.25) is 0 Å². The molecule has 0 unspecified atom stereocenters. The lowest BCUT2D eigenvalue weighted by molar-refractivity contribution is 0.487. The molecule has 0 aliphatic carbocycles. The summed E-state index contributed by atoms with van der Waals surface area (Å²) in [5, 5.41) is 7.41. The summed E-state index contributed by atoms with van der Waals surface area (Å²) < 4.78 is 8.78. The molecule has 2 heterocycles. The topological polar surface area (TPSA) is 14.2 Å². The first kappa shape index (κ1) is 25.2. The molecule has 0 bridgehead atoms. The average molecular weight is 586 g/mol. The molecule has 0 amide bonds. The fourth-order valence-corrected chi connectivity index (χ4v) is 7.44. The lowest BCUT2D eigenvalue weighted by Crippen LogP contribution is -1.97. The maximum Gasteiger partial charge on any atom is 0.135 e. The standard InChI is InChI=1S/C44H27NO/c1-2-14-33(15-3-1)45-40-27-31(20-21-35(40)39-25-29-10-4-5-11-30(29)26-41(39)45)28-12-8-13-32(24-28)34-22-23-43-44-37(34)17-9-18-38(44)36-16-6-7-19-42(36)46-43/h1-27H. The third kappa shape index (κ3) is 3.71. The highest BCUT2D eigenvalue weighted by molar-refractivity contribution is 6.14. The molecule has 0 saturated carbocycles. The fourth-order valence-electron chi connectivity index (χ4n) is 7.44. The van der Waals surface area contributed by atoms with Crippen LogP contribution in [0.1, 0.15) is 0 Å². The summed E-state index contributed by atoms with van der Waals surface area (Å²) in [5.41, 5.74) is 10.7. The second kappa shape index (κ2) is 9.69. The lowest BCUT2D eigenvalue weighted by atomic mass is 9.90. The summed E-state index contributed by atoms with van der Waals surface area (Å²) >= 11 is 0. The molecule has 8 aromatic carbocycles. The number of rotatable bonds is 3. The van der Waals surface area contributed by atoms with Gasteiger partial charge < -0.3 is 9.30 Å². The summed E-state index contributed by atoms with van der Waals surface area (Å²) in [6.45, 7) is 0. The number of benzene rings is 8. The van der Waals surface area contributed by atoms with Crippen molar-refractivity contribution in [1.29, 1.82) is 0 Å². The van der Waals surface area contributed by atoms with E-state index in [2.05, 4.69) is 156 Å². The van der Waals surface area contributed by atoms with Crippen LogP contribution in [0, 0.1) is 0 Å². The zero-order valence-electron chi connectivity index (χ0n) is 24.9. The highest BCUT2D eigenvalue weighted by Gasteiger charge is 2.21. The molecular formula is C44H27NO. The van der Waals surface area contributed by atoms with Gasteiger partial charge in [-0.2, -0.15) is 0 Å². The Balaban J connectivity index is 1.16. The number of nitrogens with zero attached hydrogens (tertiary/aromatic N) is 1. The van der Waals surface area contributed by atoms with Crippen molar-refractivity contribution in [3.8, 4) is 50.6 Å². The van der Waals surface area contributed by atoms with Gasteiger partial charge in [0.05, 0.1) is 11.0 Å². The van der Waals surface area contributed by atoms with E-state index in [0.29, 0.717) is 0 Å². The van der Waals surface area contributed by atoms with E-state index in [4.69, 9.17) is 4.74 Å². The van der Waals surface area contributed by atoms with Crippen molar-refractivity contribution in [2.75, 3.05) is 0 Å². The first-order chi connectivity index (χ1) is 22.8. The second-order valence-electron chi connectivity index (χ2n) is 12.1. The van der Waals surface area contributed by atoms with E-state index in [0.717, 1.165) is 22.7 Å². The van der Waals surface area contributed by atoms with Crippen LogP contribution in [0.15, 0.2) is 164 Å². The zero-order chi connectivity index (χ0) is 30.2. The SMILES string of the molecule is c1ccc(-n2c3cc(-c4cccc(-c5ccc6c7c(cccc57)-c5ccccc5O6)c4)ccc3c3cc4ccccc4cc32)cc1. The van der Waals surface area contributed by atoms with Crippen LogP contribution in [0.3, 0.4) is 0 Å². The van der Waals surface area contributed by atoms with Gasteiger partial charge >= 0.3 is 0 Å². The normalized spacial score (nSPS) is 12.1. The van der Waals surface area contributed by atoms with Gasteiger partial charge in [-0.1, -0.05) is 115 Å². The van der Waals surface area contributed by atoms with E-state index < -0.39 is 0 Å². The Labute approximate surface area is 266 Å². The van der Waals surface area contributed by atoms with Gasteiger partial charge in [-0.05, 0) is 92.5 Å². The molecule has 1 aromatic heterocycles. The van der Waals surface area contributed by atoms with Crippen LogP contribution in [-0.4, -0.2) is 4.57 Å². The highest BCUT2D eigenvalue weighted by Crippen LogP contribution is 2.48. The van der Waals surface area contributed by atoms with Crippen LogP contribution in [0.2, 0.25) is 0 Å². The van der Waals surface area contributed by atoms with E-state index >= 15 is 0 Å². The highest BCUT2D eigenvalue weighted by atomic mass is 16.5. The molecule has 0 saturated heterocycles. The van der Waals surface area contributed by atoms with Crippen molar-refractivity contribution in [2.45, 2.75) is 0 Å². The molecule has 0 fully saturated rings. The molecule has 9 aromatic rings. The Hall–Kier alpha value is -6.12. The first-order valence-corrected chi connectivity index (χ1v) is 15.8. The molecule has 0 N–H and O–H groups in total. The minimum absolute atomic E-state index is 0.911. The van der Waals surface area contributed by atoms with E-state index in [1.54, 1.807) is 0 Å². The van der Waals surface area contributed by atoms with E-state index in [9.17, 15) is 0 Å². The predicted molar refractivity (Wildman–Crippen MR) is 192 cm³/mol. The van der Waals surface area contributed by atoms with Crippen LogP contribution in [0.25, 0.3) is 82.4 Å². The Morgan fingerprint density at radius 3 is 2.00 bits per heavy atom. The molecule has 2 heteroatoms. The number of ether oxygens (including phenoxy) is 1. The molecule has 0 radical (unpaired) electrons. The van der Waals surface area contributed by atoms with Crippen LogP contribution in [0.5, 0.6) is 11.5 Å². The molecule has 1 aliphatic rings. The van der Waals surface area contributed by atoms with Crippen molar-refractivity contribution < 1.29 is 4.74 Å². The van der Waals surface area contributed by atoms with Gasteiger partial charge in [0, 0.05) is 27.4 Å². The predicted octanol–water partition coefficient (Wildman–Crippen LogP) is 12.2. The maximum atomic E-state index is 6.37. The smallest absolute Gasteiger partial charge is 0.135 e. The number of para-hydroxylation sites is 2. The molecule has 10 rings (SSSR count). The first-order valence-electron chi connectivity index (χ1n) is 15.8. The molecule has 0 spiro atoms. The molecule has 1 aliphatic heterocycles. The summed E-state index contributed by atoms with van der Waals surface area (Å²) in [6, 6.07) is 59.1. The van der Waals surface area contributed by atoms with Crippen LogP contribution >= 0.6 is 0 Å². The number of hydrogen-bond donors (Lipinski definition) is 0. The van der Waals surface area contributed by atoms with Gasteiger partial charge in [0.1, 0.15) is 11.5 Å². The summed E-state index contributed by atoms with van der Waals surface area (Å²) in [6.07, 6.45) is 0. The monoisotopic (exact) mass is 585 g/mol. The summed E-state index contributed by atoms with van der Waals surface area (Å²) in [5.74, 6) is 1.82. The van der Waals surface area contributed by atoms with Gasteiger partial charge in [0.25, 0.3) is 0 Å². The molecule has 46 heavy (non-hydrogen) atoms. The minimum atomic E-state index is 0.911. The Bertz CT molecular complexity index is 2660. The minimum Gasteiger partial charge on any atom is -0.456 e. The van der Waals surface area contributed by atoms with Gasteiger partial charge in [-0.15, -0.1) is 0 Å². The number of fused-ring (bicyclic) bond motifs is 6. The Morgan fingerprint density at radius 1 is 0.370 bits per heavy atom. The van der Waals surface area contributed by atoms with Gasteiger partial charge in [0.2, 0.25) is 0 Å². The number of hydrogen-bond acceptors (Lipinski definition) is 1. The Morgan fingerprint density at radius 2 is 1.09 bits per heavy atom. The fraction of sp³-hybridized carbons (Fsp3) is 0. The van der Waals surface area contributed by atoms with Crippen molar-refractivity contribution in [3.05, 3.63) is 164 Å². The summed E-state index contributed by atoms with van der Waals surface area (Å²) in [7, 11) is 0. The largest absolute Gasteiger partial charge is 0.456 e. The van der Waals surface area contributed by atoms with Crippen molar-refractivity contribution in [1.82, 2.24) is 4.57 Å². The van der Waals surface area contributed by atoms with Gasteiger partial charge in [-0.25, -0.2) is 0 Å². The number of aromatic nitrogens is 1. The second-order valence-corrected chi connectivity index (χ2v) is 12.1. The average Bonchev–Trinajstić information content (AvgIpc) is 3.43. The molecule has 0 atom stereocenters. The quantitative estimate of drug-likeness (QED) is 0.201. The molecule has 214 valence electrons. The van der Waals surface area contributed by atoms with Crippen molar-refractivity contribution in [2.24, 2.45) is 0 Å². The van der Waals surface area contributed by atoms with E-state index in [1.807, 2.05) is 12.1 Å². The van der Waals surface area contributed by atoms with Crippen LogP contribution in [-0.2, 0) is 0 Å². The van der Waals surface area contributed by atoms with Gasteiger partial charge in [0.15, 0.2) is 0 Å². The summed E-state index contributed by atoms with van der Waals surface area (Å²) in [4.78, 5) is 0. The van der Waals surface area contributed by atoms with Crippen LogP contribution in [0.4, 0.5) is 0 Å². The Kier molecular flexibility index (Phi) is 5.31. The lowest BCUT2D eigenvalue weighted by Gasteiger charge is -2.22.